The Kier molecular flexibility index (Phi) is 5.13. The first kappa shape index (κ1) is 15.7. The van der Waals surface area contributed by atoms with E-state index in [2.05, 4.69) is 4.72 Å². The molecule has 1 rings (SSSR count). The number of rotatable bonds is 7. The van der Waals surface area contributed by atoms with E-state index < -0.39 is 16.0 Å². The number of carboxylic acid groups (broad SMARTS) is 1. The zero-order chi connectivity index (χ0) is 14.6. The van der Waals surface area contributed by atoms with Gasteiger partial charge in [0.15, 0.2) is 0 Å². The van der Waals surface area contributed by atoms with Gasteiger partial charge in [-0.3, -0.25) is 0 Å². The van der Waals surface area contributed by atoms with Crippen molar-refractivity contribution in [3.63, 3.8) is 0 Å². The highest BCUT2D eigenvalue weighted by Gasteiger charge is 2.21. The van der Waals surface area contributed by atoms with Crippen molar-refractivity contribution in [1.29, 1.82) is 0 Å². The average Bonchev–Trinajstić information content (AvgIpc) is 2.81. The molecule has 0 radical (unpaired) electrons. The number of carboxylic acids is 1. The maximum Gasteiger partial charge on any atom is 0.352 e. The molecule has 6 nitrogen and oxygen atoms in total. The summed E-state index contributed by atoms with van der Waals surface area (Å²) >= 11 is 0. The lowest BCUT2D eigenvalue weighted by Gasteiger charge is -2.09. The Labute approximate surface area is 113 Å². The molecule has 1 atom stereocenters. The summed E-state index contributed by atoms with van der Waals surface area (Å²) in [4.78, 5) is 11.0. The van der Waals surface area contributed by atoms with Gasteiger partial charge in [0, 0.05) is 19.3 Å². The predicted molar refractivity (Wildman–Crippen MR) is 71.7 cm³/mol. The van der Waals surface area contributed by atoms with E-state index in [1.165, 1.54) is 16.8 Å². The quantitative estimate of drug-likeness (QED) is 0.796. The maximum absolute atomic E-state index is 12.0. The highest BCUT2D eigenvalue weighted by molar-refractivity contribution is 7.89. The van der Waals surface area contributed by atoms with Crippen LogP contribution in [0, 0.1) is 5.92 Å². The molecule has 2 N–H and O–H groups in total. The molecule has 0 aliphatic rings. The summed E-state index contributed by atoms with van der Waals surface area (Å²) in [5.74, 6) is -0.896. The smallest absolute Gasteiger partial charge is 0.352 e. The zero-order valence-electron chi connectivity index (χ0n) is 11.4. The third-order valence-corrected chi connectivity index (χ3v) is 4.45. The van der Waals surface area contributed by atoms with Crippen LogP contribution < -0.4 is 4.72 Å². The molecular formula is C12H20N2O4S. The average molecular weight is 288 g/mol. The van der Waals surface area contributed by atoms with Crippen LogP contribution >= 0.6 is 0 Å². The van der Waals surface area contributed by atoms with E-state index in [1.807, 2.05) is 13.8 Å². The number of nitrogens with zero attached hydrogens (tertiary/aromatic N) is 1. The molecule has 0 aliphatic heterocycles. The van der Waals surface area contributed by atoms with Crippen LogP contribution in [0.3, 0.4) is 0 Å². The fraction of sp³-hybridized carbons (Fsp3) is 0.583. The van der Waals surface area contributed by atoms with Crippen LogP contribution in [0.4, 0.5) is 0 Å². The van der Waals surface area contributed by atoms with E-state index in [4.69, 9.17) is 5.11 Å². The summed E-state index contributed by atoms with van der Waals surface area (Å²) in [5, 5.41) is 9.00. The highest BCUT2D eigenvalue weighted by atomic mass is 32.2. The van der Waals surface area contributed by atoms with Gasteiger partial charge in [-0.05, 0) is 18.9 Å². The summed E-state index contributed by atoms with van der Waals surface area (Å²) in [6.07, 6.45) is 2.22. The normalized spacial score (nSPS) is 13.4. The Morgan fingerprint density at radius 3 is 2.53 bits per heavy atom. The van der Waals surface area contributed by atoms with Gasteiger partial charge in [-0.25, -0.2) is 17.9 Å². The Balaban J connectivity index is 2.99. The minimum Gasteiger partial charge on any atom is -0.477 e. The van der Waals surface area contributed by atoms with Crippen LogP contribution in [0.2, 0.25) is 0 Å². The summed E-state index contributed by atoms with van der Waals surface area (Å²) in [7, 11) is -3.64. The Morgan fingerprint density at radius 1 is 1.47 bits per heavy atom. The molecule has 0 bridgehead atoms. The first-order chi connectivity index (χ1) is 8.81. The molecule has 1 aromatic rings. The third kappa shape index (κ3) is 3.81. The van der Waals surface area contributed by atoms with Crippen molar-refractivity contribution in [2.45, 2.75) is 38.6 Å². The largest absolute Gasteiger partial charge is 0.477 e. The molecule has 0 saturated heterocycles. The second kappa shape index (κ2) is 6.21. The summed E-state index contributed by atoms with van der Waals surface area (Å²) < 4.78 is 28.0. The minimum absolute atomic E-state index is 0.00458. The molecule has 1 aromatic heterocycles. The standard InChI is InChI=1S/C12H20N2O4S/c1-4-9(3)7-13-19(17,18)10-6-11(12(15)16)14(5-2)8-10/h6,8-9,13H,4-5,7H2,1-3H3,(H,15,16). The predicted octanol–water partition coefficient (Wildman–Crippen LogP) is 1.53. The van der Waals surface area contributed by atoms with Gasteiger partial charge in [0.25, 0.3) is 0 Å². The molecule has 0 aromatic carbocycles. The highest BCUT2D eigenvalue weighted by Crippen LogP contribution is 2.15. The van der Waals surface area contributed by atoms with Crippen LogP contribution in [0.1, 0.15) is 37.7 Å². The van der Waals surface area contributed by atoms with Crippen molar-refractivity contribution in [3.05, 3.63) is 18.0 Å². The molecule has 0 spiro atoms. The molecule has 0 saturated carbocycles. The van der Waals surface area contributed by atoms with Gasteiger partial charge in [0.05, 0.1) is 0 Å². The number of sulfonamides is 1. The Hall–Kier alpha value is -1.34. The fourth-order valence-electron chi connectivity index (χ4n) is 1.55. The van der Waals surface area contributed by atoms with Crippen molar-refractivity contribution in [3.8, 4) is 0 Å². The van der Waals surface area contributed by atoms with Gasteiger partial charge >= 0.3 is 5.97 Å². The molecule has 19 heavy (non-hydrogen) atoms. The van der Waals surface area contributed by atoms with Crippen LogP contribution in [-0.4, -0.2) is 30.6 Å². The van der Waals surface area contributed by atoms with Gasteiger partial charge < -0.3 is 9.67 Å². The molecule has 1 unspecified atom stereocenters. The second-order valence-electron chi connectivity index (χ2n) is 4.52. The molecule has 108 valence electrons. The Bertz CT molecular complexity index is 548. The number of aromatic carboxylic acids is 1. The Morgan fingerprint density at radius 2 is 2.11 bits per heavy atom. The molecule has 7 heteroatoms. The number of aryl methyl sites for hydroxylation is 1. The van der Waals surface area contributed by atoms with Crippen molar-refractivity contribution < 1.29 is 18.3 Å². The fourth-order valence-corrected chi connectivity index (χ4v) is 2.75. The van der Waals surface area contributed by atoms with Gasteiger partial charge in [0.1, 0.15) is 10.6 Å². The third-order valence-electron chi connectivity index (χ3n) is 3.06. The molecular weight excluding hydrogens is 268 g/mol. The second-order valence-corrected chi connectivity index (χ2v) is 6.28. The topological polar surface area (TPSA) is 88.4 Å². The van der Waals surface area contributed by atoms with Gasteiger partial charge in [-0.1, -0.05) is 20.3 Å². The first-order valence-electron chi connectivity index (χ1n) is 6.24. The van der Waals surface area contributed by atoms with Gasteiger partial charge in [0.2, 0.25) is 10.0 Å². The number of carbonyl (C=O) groups is 1. The van der Waals surface area contributed by atoms with Crippen molar-refractivity contribution in [1.82, 2.24) is 9.29 Å². The number of nitrogens with one attached hydrogen (secondary N) is 1. The molecule has 0 amide bonds. The van der Waals surface area contributed by atoms with E-state index in [0.29, 0.717) is 13.1 Å². The molecule has 0 fully saturated rings. The summed E-state index contributed by atoms with van der Waals surface area (Å²) in [6.45, 7) is 6.44. The van der Waals surface area contributed by atoms with Gasteiger partial charge in [-0.15, -0.1) is 0 Å². The number of hydrogen-bond acceptors (Lipinski definition) is 3. The first-order valence-corrected chi connectivity index (χ1v) is 7.73. The molecule has 1 heterocycles. The lowest BCUT2D eigenvalue weighted by Crippen LogP contribution is -2.28. The van der Waals surface area contributed by atoms with Crippen LogP contribution in [0.15, 0.2) is 17.2 Å². The lowest BCUT2D eigenvalue weighted by molar-refractivity contribution is 0.0685. The summed E-state index contributed by atoms with van der Waals surface area (Å²) in [5.41, 5.74) is -0.0218. The van der Waals surface area contributed by atoms with Crippen LogP contribution in [0.25, 0.3) is 0 Å². The summed E-state index contributed by atoms with van der Waals surface area (Å²) in [6, 6.07) is 1.19. The van der Waals surface area contributed by atoms with E-state index in [0.717, 1.165) is 6.42 Å². The SMILES string of the molecule is CCC(C)CNS(=O)(=O)c1cc(C(=O)O)n(CC)c1. The number of hydrogen-bond donors (Lipinski definition) is 2. The van der Waals surface area contributed by atoms with E-state index in [9.17, 15) is 13.2 Å². The lowest BCUT2D eigenvalue weighted by atomic mass is 10.1. The zero-order valence-corrected chi connectivity index (χ0v) is 12.2. The maximum atomic E-state index is 12.0. The van der Waals surface area contributed by atoms with Crippen LogP contribution in [-0.2, 0) is 16.6 Å². The van der Waals surface area contributed by atoms with Crippen molar-refractivity contribution in [2.24, 2.45) is 5.92 Å². The van der Waals surface area contributed by atoms with Gasteiger partial charge in [-0.2, -0.15) is 0 Å². The van der Waals surface area contributed by atoms with Crippen molar-refractivity contribution >= 4 is 16.0 Å². The minimum atomic E-state index is -3.64. The van der Waals surface area contributed by atoms with E-state index >= 15 is 0 Å². The molecule has 0 aliphatic carbocycles. The van der Waals surface area contributed by atoms with Crippen LogP contribution in [0.5, 0.6) is 0 Å². The number of aromatic nitrogens is 1. The van der Waals surface area contributed by atoms with Crippen molar-refractivity contribution in [2.75, 3.05) is 6.54 Å². The van der Waals surface area contributed by atoms with E-state index in [-0.39, 0.29) is 16.5 Å². The monoisotopic (exact) mass is 288 g/mol. The van der Waals surface area contributed by atoms with E-state index in [1.54, 1.807) is 6.92 Å².